The van der Waals surface area contributed by atoms with Gasteiger partial charge in [0.05, 0.1) is 5.02 Å². The zero-order valence-corrected chi connectivity index (χ0v) is 11.2. The van der Waals surface area contributed by atoms with Crippen LogP contribution >= 0.6 is 11.6 Å². The molecule has 2 nitrogen and oxygen atoms in total. The molecular weight excluding hydrogens is 232 g/mol. The Bertz CT molecular complexity index is 329. The quantitative estimate of drug-likeness (QED) is 0.853. The number of aromatic nitrogens is 1. The molecule has 0 aromatic carbocycles. The van der Waals surface area contributed by atoms with Crippen molar-refractivity contribution < 1.29 is 0 Å². The summed E-state index contributed by atoms with van der Waals surface area (Å²) in [6.45, 7) is 2.28. The first-order valence-electron chi connectivity index (χ1n) is 6.66. The first-order valence-corrected chi connectivity index (χ1v) is 7.04. The van der Waals surface area contributed by atoms with Crippen molar-refractivity contribution in [1.82, 2.24) is 4.98 Å². The summed E-state index contributed by atoms with van der Waals surface area (Å²) in [6.07, 6.45) is 9.68. The molecule has 1 N–H and O–H groups in total. The molecule has 1 aliphatic carbocycles. The van der Waals surface area contributed by atoms with Gasteiger partial charge in [0.1, 0.15) is 5.82 Å². The Labute approximate surface area is 109 Å². The number of anilines is 1. The van der Waals surface area contributed by atoms with Crippen molar-refractivity contribution in [3.05, 3.63) is 23.4 Å². The molecule has 94 valence electrons. The molecule has 1 aromatic heterocycles. The van der Waals surface area contributed by atoms with Crippen LogP contribution in [0.25, 0.3) is 0 Å². The zero-order valence-electron chi connectivity index (χ0n) is 10.5. The smallest absolute Gasteiger partial charge is 0.126 e. The van der Waals surface area contributed by atoms with Crippen LogP contribution in [0.15, 0.2) is 18.3 Å². The number of nitrogens with one attached hydrogen (secondary N) is 1. The van der Waals surface area contributed by atoms with Gasteiger partial charge in [-0.3, -0.25) is 0 Å². The van der Waals surface area contributed by atoms with Crippen molar-refractivity contribution in [3.8, 4) is 0 Å². The van der Waals surface area contributed by atoms with Gasteiger partial charge < -0.3 is 5.32 Å². The fourth-order valence-electron chi connectivity index (χ4n) is 2.67. The summed E-state index contributed by atoms with van der Waals surface area (Å²) in [6, 6.07) is 4.44. The largest absolute Gasteiger partial charge is 0.367 e. The number of pyridine rings is 1. The summed E-state index contributed by atoms with van der Waals surface area (Å²) in [5.41, 5.74) is 0. The highest BCUT2D eigenvalue weighted by Crippen LogP contribution is 2.29. The normalized spacial score (nSPS) is 24.6. The monoisotopic (exact) mass is 252 g/mol. The molecule has 17 heavy (non-hydrogen) atoms. The van der Waals surface area contributed by atoms with E-state index in [1.165, 1.54) is 38.5 Å². The van der Waals surface area contributed by atoms with E-state index in [-0.39, 0.29) is 0 Å². The third kappa shape index (κ3) is 3.88. The second kappa shape index (κ2) is 6.25. The Morgan fingerprint density at radius 1 is 1.29 bits per heavy atom. The predicted molar refractivity (Wildman–Crippen MR) is 73.5 cm³/mol. The van der Waals surface area contributed by atoms with E-state index >= 15 is 0 Å². The molecule has 0 saturated heterocycles. The Hall–Kier alpha value is -0.760. The average molecular weight is 253 g/mol. The molecule has 2 rings (SSSR count). The van der Waals surface area contributed by atoms with E-state index in [1.54, 1.807) is 6.20 Å². The molecule has 0 atom stereocenters. The number of nitrogens with zero attached hydrogens (tertiary/aromatic N) is 1. The maximum atomic E-state index is 5.82. The minimum atomic E-state index is 0.594. The van der Waals surface area contributed by atoms with Crippen molar-refractivity contribution in [3.63, 3.8) is 0 Å². The van der Waals surface area contributed by atoms with Gasteiger partial charge in [-0.2, -0.15) is 0 Å². The topological polar surface area (TPSA) is 24.9 Å². The number of hydrogen-bond acceptors (Lipinski definition) is 2. The summed E-state index contributed by atoms with van der Waals surface area (Å²) in [7, 11) is 0. The molecular formula is C14H21ClN2. The van der Waals surface area contributed by atoms with E-state index in [0.717, 1.165) is 11.7 Å². The van der Waals surface area contributed by atoms with E-state index < -0.39 is 0 Å². The fourth-order valence-corrected chi connectivity index (χ4v) is 2.79. The molecule has 0 spiro atoms. The Balaban J connectivity index is 1.79. The van der Waals surface area contributed by atoms with Gasteiger partial charge in [0.2, 0.25) is 0 Å². The van der Waals surface area contributed by atoms with Gasteiger partial charge in [0.15, 0.2) is 0 Å². The fraction of sp³-hybridized carbons (Fsp3) is 0.643. The van der Waals surface area contributed by atoms with Crippen LogP contribution in [0.5, 0.6) is 0 Å². The molecule has 3 heteroatoms. The van der Waals surface area contributed by atoms with Crippen molar-refractivity contribution in [1.29, 1.82) is 0 Å². The third-order valence-electron chi connectivity index (χ3n) is 3.62. The van der Waals surface area contributed by atoms with Crippen LogP contribution in [0.4, 0.5) is 5.82 Å². The van der Waals surface area contributed by atoms with E-state index in [4.69, 9.17) is 11.6 Å². The number of hydrogen-bond donors (Lipinski definition) is 1. The minimum Gasteiger partial charge on any atom is -0.367 e. The molecule has 0 bridgehead atoms. The van der Waals surface area contributed by atoms with Gasteiger partial charge in [0, 0.05) is 12.2 Å². The predicted octanol–water partition coefficient (Wildman–Crippen LogP) is 4.51. The highest BCUT2D eigenvalue weighted by Gasteiger charge is 2.20. The lowest BCUT2D eigenvalue weighted by molar-refractivity contribution is 0.318. The second-order valence-corrected chi connectivity index (χ2v) is 5.45. The molecule has 0 unspecified atom stereocenters. The van der Waals surface area contributed by atoms with Crippen LogP contribution in [-0.4, -0.2) is 11.0 Å². The summed E-state index contributed by atoms with van der Waals surface area (Å²) in [5.74, 6) is 1.91. The lowest BCUT2D eigenvalue weighted by Crippen LogP contribution is -2.26. The second-order valence-electron chi connectivity index (χ2n) is 5.01. The van der Waals surface area contributed by atoms with Crippen LogP contribution in [0.1, 0.15) is 45.4 Å². The Morgan fingerprint density at radius 2 is 2.06 bits per heavy atom. The Morgan fingerprint density at radius 3 is 2.65 bits per heavy atom. The van der Waals surface area contributed by atoms with Gasteiger partial charge in [-0.15, -0.1) is 0 Å². The number of rotatable bonds is 4. The van der Waals surface area contributed by atoms with E-state index in [9.17, 15) is 0 Å². The van der Waals surface area contributed by atoms with E-state index in [0.29, 0.717) is 11.1 Å². The maximum absolute atomic E-state index is 5.82. The SMILES string of the molecule is CCCC1CCC(Nc2ccc(Cl)cn2)CC1. The lowest BCUT2D eigenvalue weighted by atomic mass is 9.83. The summed E-state index contributed by atoms with van der Waals surface area (Å²) >= 11 is 5.82. The first-order chi connectivity index (χ1) is 8.28. The van der Waals surface area contributed by atoms with Gasteiger partial charge in [-0.1, -0.05) is 31.4 Å². The summed E-state index contributed by atoms with van der Waals surface area (Å²) in [5, 5.41) is 4.20. The van der Waals surface area contributed by atoms with Crippen molar-refractivity contribution in [2.24, 2.45) is 5.92 Å². The molecule has 1 heterocycles. The standard InChI is InChI=1S/C14H21ClN2/c1-2-3-11-4-7-13(8-5-11)17-14-9-6-12(15)10-16-14/h6,9-11,13H,2-5,7-8H2,1H3,(H,16,17). The Kier molecular flexibility index (Phi) is 4.66. The molecule has 0 radical (unpaired) electrons. The van der Waals surface area contributed by atoms with E-state index in [2.05, 4.69) is 17.2 Å². The van der Waals surface area contributed by atoms with Crippen LogP contribution in [0.2, 0.25) is 5.02 Å². The van der Waals surface area contributed by atoms with Gasteiger partial charge in [-0.25, -0.2) is 4.98 Å². The molecule has 1 fully saturated rings. The van der Waals surface area contributed by atoms with E-state index in [1.807, 2.05) is 12.1 Å². The third-order valence-corrected chi connectivity index (χ3v) is 3.85. The molecule has 1 aromatic rings. The van der Waals surface area contributed by atoms with Crippen LogP contribution in [-0.2, 0) is 0 Å². The summed E-state index contributed by atoms with van der Waals surface area (Å²) < 4.78 is 0. The molecule has 1 aliphatic rings. The average Bonchev–Trinajstić information content (AvgIpc) is 2.35. The molecule has 0 aliphatic heterocycles. The first kappa shape index (κ1) is 12.7. The van der Waals surface area contributed by atoms with Crippen LogP contribution < -0.4 is 5.32 Å². The van der Waals surface area contributed by atoms with Crippen LogP contribution in [0, 0.1) is 5.92 Å². The molecule has 1 saturated carbocycles. The minimum absolute atomic E-state index is 0.594. The van der Waals surface area contributed by atoms with Crippen LogP contribution in [0.3, 0.4) is 0 Å². The van der Waals surface area contributed by atoms with Crippen molar-refractivity contribution >= 4 is 17.4 Å². The number of halogens is 1. The van der Waals surface area contributed by atoms with Gasteiger partial charge >= 0.3 is 0 Å². The summed E-state index contributed by atoms with van der Waals surface area (Å²) in [4.78, 5) is 4.28. The van der Waals surface area contributed by atoms with Crippen molar-refractivity contribution in [2.45, 2.75) is 51.5 Å². The maximum Gasteiger partial charge on any atom is 0.126 e. The molecule has 0 amide bonds. The highest BCUT2D eigenvalue weighted by atomic mass is 35.5. The van der Waals surface area contributed by atoms with Crippen molar-refractivity contribution in [2.75, 3.05) is 5.32 Å². The zero-order chi connectivity index (χ0) is 12.1. The van der Waals surface area contributed by atoms with Gasteiger partial charge in [0.25, 0.3) is 0 Å². The highest BCUT2D eigenvalue weighted by molar-refractivity contribution is 6.30. The van der Waals surface area contributed by atoms with Gasteiger partial charge in [-0.05, 0) is 43.7 Å². The lowest BCUT2D eigenvalue weighted by Gasteiger charge is -2.29.